The van der Waals surface area contributed by atoms with Crippen LogP contribution in [0.25, 0.3) is 10.9 Å². The molecule has 0 aliphatic carbocycles. The number of hydrogen-bond acceptors (Lipinski definition) is 8. The molecule has 0 bridgehead atoms. The molecule has 2 aromatic carbocycles. The SMILES string of the molecule is CCN(CCC(=O)NCCCl)c1ccc(N=Nc2snc3ccc([N+](=O)[O-])cc23)cc1. The van der Waals surface area contributed by atoms with Crippen molar-refractivity contribution in [1.29, 1.82) is 0 Å². The Morgan fingerprint density at radius 2 is 2.03 bits per heavy atom. The Morgan fingerprint density at radius 1 is 1.26 bits per heavy atom. The van der Waals surface area contributed by atoms with Crippen molar-refractivity contribution in [2.24, 2.45) is 10.2 Å². The highest BCUT2D eigenvalue weighted by Crippen LogP contribution is 2.34. The molecule has 0 fully saturated rings. The first-order valence-corrected chi connectivity index (χ1v) is 11.0. The van der Waals surface area contributed by atoms with Gasteiger partial charge in [0.05, 0.1) is 16.1 Å². The van der Waals surface area contributed by atoms with Crippen LogP contribution in [-0.4, -0.2) is 40.7 Å². The molecule has 0 aliphatic rings. The van der Waals surface area contributed by atoms with E-state index in [1.807, 2.05) is 31.2 Å². The monoisotopic (exact) mass is 460 g/mol. The van der Waals surface area contributed by atoms with E-state index in [1.165, 1.54) is 12.1 Å². The molecule has 1 aromatic heterocycles. The van der Waals surface area contributed by atoms with Crippen LogP contribution in [0, 0.1) is 10.1 Å². The van der Waals surface area contributed by atoms with Gasteiger partial charge in [0.15, 0.2) is 5.00 Å². The number of aromatic nitrogens is 1. The number of carbonyl (C=O) groups is 1. The molecule has 0 aliphatic heterocycles. The van der Waals surface area contributed by atoms with E-state index in [2.05, 4.69) is 24.8 Å². The van der Waals surface area contributed by atoms with Crippen molar-refractivity contribution in [2.75, 3.05) is 30.4 Å². The number of nitrogens with one attached hydrogen (secondary N) is 1. The zero-order valence-corrected chi connectivity index (χ0v) is 18.4. The highest BCUT2D eigenvalue weighted by atomic mass is 35.5. The molecule has 162 valence electrons. The lowest BCUT2D eigenvalue weighted by Gasteiger charge is -2.22. The molecule has 0 unspecified atom stereocenters. The largest absolute Gasteiger partial charge is 0.371 e. The van der Waals surface area contributed by atoms with E-state index in [9.17, 15) is 14.9 Å². The van der Waals surface area contributed by atoms with Gasteiger partial charge >= 0.3 is 0 Å². The first-order chi connectivity index (χ1) is 15.0. The quantitative estimate of drug-likeness (QED) is 0.193. The van der Waals surface area contributed by atoms with Gasteiger partial charge in [0.25, 0.3) is 5.69 Å². The van der Waals surface area contributed by atoms with Crippen LogP contribution in [0.1, 0.15) is 13.3 Å². The van der Waals surface area contributed by atoms with Crippen LogP contribution >= 0.6 is 23.1 Å². The predicted octanol–water partition coefficient (Wildman–Crippen LogP) is 5.19. The smallest absolute Gasteiger partial charge is 0.270 e. The maximum Gasteiger partial charge on any atom is 0.270 e. The number of azo groups is 1. The second-order valence-electron chi connectivity index (χ2n) is 6.53. The number of benzene rings is 2. The number of halogens is 1. The third-order valence-corrected chi connectivity index (χ3v) is 5.48. The fraction of sp³-hybridized carbons (Fsp3) is 0.300. The minimum Gasteiger partial charge on any atom is -0.371 e. The van der Waals surface area contributed by atoms with Gasteiger partial charge in [-0.1, -0.05) is 0 Å². The molecule has 1 N–H and O–H groups in total. The summed E-state index contributed by atoms with van der Waals surface area (Å²) in [5.41, 5.74) is 2.26. The number of non-ortho nitro benzene ring substituents is 1. The zero-order valence-electron chi connectivity index (χ0n) is 16.8. The fourth-order valence-corrected chi connectivity index (χ4v) is 3.69. The van der Waals surface area contributed by atoms with Gasteiger partial charge in [-0.15, -0.1) is 21.8 Å². The van der Waals surface area contributed by atoms with Crippen molar-refractivity contribution in [2.45, 2.75) is 13.3 Å². The van der Waals surface area contributed by atoms with Gasteiger partial charge in [0, 0.05) is 55.1 Å². The van der Waals surface area contributed by atoms with Crippen molar-refractivity contribution in [3.63, 3.8) is 0 Å². The molecule has 1 heterocycles. The number of nitrogens with zero attached hydrogens (tertiary/aromatic N) is 5. The van der Waals surface area contributed by atoms with Crippen molar-refractivity contribution in [1.82, 2.24) is 9.69 Å². The number of rotatable bonds is 10. The van der Waals surface area contributed by atoms with Crippen molar-refractivity contribution in [3.05, 3.63) is 52.6 Å². The maximum atomic E-state index is 11.8. The van der Waals surface area contributed by atoms with Crippen LogP contribution in [-0.2, 0) is 4.79 Å². The summed E-state index contributed by atoms with van der Waals surface area (Å²) in [6, 6.07) is 12.0. The molecule has 31 heavy (non-hydrogen) atoms. The number of nitro benzene ring substituents is 1. The van der Waals surface area contributed by atoms with Gasteiger partial charge < -0.3 is 10.2 Å². The summed E-state index contributed by atoms with van der Waals surface area (Å²) in [7, 11) is 0. The van der Waals surface area contributed by atoms with Crippen molar-refractivity contribution in [3.8, 4) is 0 Å². The average Bonchev–Trinajstić information content (AvgIpc) is 3.19. The number of hydrogen-bond donors (Lipinski definition) is 1. The lowest BCUT2D eigenvalue weighted by atomic mass is 10.2. The Balaban J connectivity index is 1.68. The molecule has 0 radical (unpaired) electrons. The second-order valence-corrected chi connectivity index (χ2v) is 7.66. The van der Waals surface area contributed by atoms with Crippen molar-refractivity contribution >= 4 is 62.0 Å². The van der Waals surface area contributed by atoms with Gasteiger partial charge in [0.1, 0.15) is 0 Å². The van der Waals surface area contributed by atoms with Crippen LogP contribution in [0.3, 0.4) is 0 Å². The molecule has 1 amide bonds. The van der Waals surface area contributed by atoms with E-state index in [0.29, 0.717) is 47.0 Å². The van der Waals surface area contributed by atoms with Gasteiger partial charge in [-0.3, -0.25) is 14.9 Å². The molecule has 3 rings (SSSR count). The lowest BCUT2D eigenvalue weighted by Crippen LogP contribution is -2.31. The molecule has 0 atom stereocenters. The van der Waals surface area contributed by atoms with Gasteiger partial charge in [-0.2, -0.15) is 4.37 Å². The normalized spacial score (nSPS) is 11.2. The highest BCUT2D eigenvalue weighted by Gasteiger charge is 2.12. The third-order valence-electron chi connectivity index (χ3n) is 4.53. The van der Waals surface area contributed by atoms with Gasteiger partial charge in [0.2, 0.25) is 5.91 Å². The fourth-order valence-electron chi connectivity index (χ4n) is 2.92. The first-order valence-electron chi connectivity index (χ1n) is 9.65. The number of anilines is 1. The zero-order chi connectivity index (χ0) is 22.2. The Bertz CT molecular complexity index is 1090. The number of amides is 1. The molecule has 0 saturated heterocycles. The summed E-state index contributed by atoms with van der Waals surface area (Å²) in [6.45, 7) is 3.85. The van der Waals surface area contributed by atoms with Crippen LogP contribution in [0.5, 0.6) is 0 Å². The Morgan fingerprint density at radius 3 is 2.71 bits per heavy atom. The van der Waals surface area contributed by atoms with E-state index in [0.717, 1.165) is 23.8 Å². The van der Waals surface area contributed by atoms with E-state index in [-0.39, 0.29) is 11.6 Å². The van der Waals surface area contributed by atoms with E-state index in [4.69, 9.17) is 11.6 Å². The topological polar surface area (TPSA) is 113 Å². The Labute approximate surface area is 188 Å². The second kappa shape index (κ2) is 10.8. The Kier molecular flexibility index (Phi) is 7.85. The summed E-state index contributed by atoms with van der Waals surface area (Å²) >= 11 is 6.72. The van der Waals surface area contributed by atoms with E-state index in [1.54, 1.807) is 6.07 Å². The summed E-state index contributed by atoms with van der Waals surface area (Å²) in [4.78, 5) is 24.4. The lowest BCUT2D eigenvalue weighted by molar-refractivity contribution is -0.384. The Hall–Kier alpha value is -3.11. The minimum atomic E-state index is -0.447. The number of alkyl halides is 1. The molecular weight excluding hydrogens is 440 g/mol. The molecule has 0 saturated carbocycles. The molecular formula is C20H21ClN6O3S. The third kappa shape index (κ3) is 5.96. The molecule has 3 aromatic rings. The van der Waals surface area contributed by atoms with Crippen LogP contribution in [0.15, 0.2) is 52.7 Å². The maximum absolute atomic E-state index is 11.8. The molecule has 9 nitrogen and oxygen atoms in total. The average molecular weight is 461 g/mol. The van der Waals surface area contributed by atoms with E-state index < -0.39 is 4.92 Å². The summed E-state index contributed by atoms with van der Waals surface area (Å²) in [5.74, 6) is 0.370. The van der Waals surface area contributed by atoms with Crippen LogP contribution in [0.4, 0.5) is 22.1 Å². The number of fused-ring (bicyclic) bond motifs is 1. The standard InChI is InChI=1S/C20H21ClN6O3S/c1-2-26(12-9-19(28)22-11-10-21)15-5-3-14(4-6-15)23-24-20-17-13-16(27(29)30)7-8-18(17)25-31-20/h3-8,13H,2,9-12H2,1H3,(H,22,28). The number of carbonyl (C=O) groups excluding carboxylic acids is 1. The minimum absolute atomic E-state index is 0.00972. The van der Waals surface area contributed by atoms with Gasteiger partial charge in [-0.05, 0) is 48.8 Å². The predicted molar refractivity (Wildman–Crippen MR) is 123 cm³/mol. The highest BCUT2D eigenvalue weighted by molar-refractivity contribution is 7.11. The summed E-state index contributed by atoms with van der Waals surface area (Å²) in [5, 5.41) is 23.3. The molecule has 11 heteroatoms. The van der Waals surface area contributed by atoms with Crippen molar-refractivity contribution < 1.29 is 9.72 Å². The summed E-state index contributed by atoms with van der Waals surface area (Å²) in [6.07, 6.45) is 0.386. The first kappa shape index (κ1) is 22.6. The van der Waals surface area contributed by atoms with Crippen LogP contribution in [0.2, 0.25) is 0 Å². The molecule has 0 spiro atoms. The van der Waals surface area contributed by atoms with Gasteiger partial charge in [-0.25, -0.2) is 0 Å². The number of nitro groups is 1. The summed E-state index contributed by atoms with van der Waals surface area (Å²) < 4.78 is 4.25. The van der Waals surface area contributed by atoms with E-state index >= 15 is 0 Å². The van der Waals surface area contributed by atoms with Crippen LogP contribution < -0.4 is 10.2 Å².